The first-order chi connectivity index (χ1) is 15.2. The summed E-state index contributed by atoms with van der Waals surface area (Å²) in [6.07, 6.45) is -0.987. The fraction of sp³-hybridized carbons (Fsp3) is 0.650. The second kappa shape index (κ2) is 10.00. The normalized spacial score (nSPS) is 23.2. The maximum absolute atomic E-state index is 12.8. The molecular weight excluding hydrogens is 458 g/mol. The van der Waals surface area contributed by atoms with E-state index in [1.165, 1.54) is 18.9 Å². The van der Waals surface area contributed by atoms with Crippen LogP contribution in [-0.4, -0.2) is 80.6 Å². The number of fused-ring (bicyclic) bond motifs is 1. The number of rotatable bonds is 9. The van der Waals surface area contributed by atoms with E-state index < -0.39 is 52.6 Å². The second-order valence-electron chi connectivity index (χ2n) is 8.69. The van der Waals surface area contributed by atoms with E-state index in [1.807, 2.05) is 0 Å². The van der Waals surface area contributed by atoms with Crippen LogP contribution in [0.4, 0.5) is 4.79 Å². The third kappa shape index (κ3) is 5.77. The zero-order valence-electron chi connectivity index (χ0n) is 19.1. The topological polar surface area (TPSA) is 172 Å². The smallest absolute Gasteiger partial charge is 0.408 e. The van der Waals surface area contributed by atoms with Crippen molar-refractivity contribution in [2.24, 2.45) is 0 Å². The van der Waals surface area contributed by atoms with E-state index in [2.05, 4.69) is 10.6 Å². The first-order valence-corrected chi connectivity index (χ1v) is 11.2. The molecule has 12 nitrogen and oxygen atoms in total. The Morgan fingerprint density at radius 3 is 2.42 bits per heavy atom. The SMILES string of the molecule is CO[C@@]1(NC(=O)CCCC(NC(=O)OC(C)(C)C)C(=O)O)C(=O)N2C(C(=O)O)=C(C)CS[C@H]21. The van der Waals surface area contributed by atoms with Gasteiger partial charge in [0.05, 0.1) is 0 Å². The molecule has 3 atom stereocenters. The number of β-lactam (4-membered cyclic amide) rings is 1. The van der Waals surface area contributed by atoms with Gasteiger partial charge in [0.25, 0.3) is 11.6 Å². The highest BCUT2D eigenvalue weighted by atomic mass is 32.2. The molecule has 184 valence electrons. The van der Waals surface area contributed by atoms with Gasteiger partial charge in [-0.15, -0.1) is 11.8 Å². The molecule has 1 unspecified atom stereocenters. The third-order valence-corrected chi connectivity index (χ3v) is 6.42. The van der Waals surface area contributed by atoms with Crippen molar-refractivity contribution in [2.75, 3.05) is 12.9 Å². The van der Waals surface area contributed by atoms with Crippen LogP contribution in [0.5, 0.6) is 0 Å². The Hall–Kier alpha value is -2.80. The van der Waals surface area contributed by atoms with Gasteiger partial charge in [0.2, 0.25) is 5.91 Å². The Morgan fingerprint density at radius 1 is 1.27 bits per heavy atom. The number of carboxylic acids is 2. The van der Waals surface area contributed by atoms with E-state index in [1.54, 1.807) is 27.7 Å². The molecule has 0 aliphatic carbocycles. The van der Waals surface area contributed by atoms with Crippen LogP contribution in [0.3, 0.4) is 0 Å². The van der Waals surface area contributed by atoms with Gasteiger partial charge in [-0.1, -0.05) is 0 Å². The second-order valence-corrected chi connectivity index (χ2v) is 9.76. The lowest BCUT2D eigenvalue weighted by atomic mass is 9.98. The number of aliphatic carboxylic acids is 2. The number of nitrogens with one attached hydrogen (secondary N) is 2. The molecule has 0 aromatic heterocycles. The van der Waals surface area contributed by atoms with Crippen LogP contribution in [0.2, 0.25) is 0 Å². The van der Waals surface area contributed by atoms with Crippen molar-refractivity contribution < 1.29 is 43.7 Å². The van der Waals surface area contributed by atoms with Gasteiger partial charge in [0, 0.05) is 19.3 Å². The van der Waals surface area contributed by atoms with Crippen LogP contribution in [0.25, 0.3) is 0 Å². The van der Waals surface area contributed by atoms with Crippen molar-refractivity contribution in [3.8, 4) is 0 Å². The van der Waals surface area contributed by atoms with E-state index in [9.17, 15) is 34.2 Å². The Morgan fingerprint density at radius 2 is 1.91 bits per heavy atom. The van der Waals surface area contributed by atoms with Gasteiger partial charge in [-0.05, 0) is 46.1 Å². The maximum Gasteiger partial charge on any atom is 0.408 e. The molecule has 0 bridgehead atoms. The Kier molecular flexibility index (Phi) is 8.01. The Labute approximate surface area is 195 Å². The summed E-state index contributed by atoms with van der Waals surface area (Å²) < 4.78 is 10.4. The standard InChI is InChI=1S/C20H29N3O9S/c1-10-9-33-17-20(31-5,16(29)23(17)13(10)15(27)28)22-12(24)8-6-7-11(14(25)26)21-18(30)32-19(2,3)4/h11,17H,6-9H2,1-5H3,(H,21,30)(H,22,24)(H,25,26)(H,27,28)/t11?,17-,20-/m0/s1. The number of methoxy groups -OCH3 is 1. The van der Waals surface area contributed by atoms with E-state index in [0.717, 1.165) is 4.90 Å². The van der Waals surface area contributed by atoms with Gasteiger partial charge >= 0.3 is 18.0 Å². The number of carboxylic acid groups (broad SMARTS) is 2. The van der Waals surface area contributed by atoms with Crippen molar-refractivity contribution in [1.82, 2.24) is 15.5 Å². The number of thioether (sulfide) groups is 1. The minimum Gasteiger partial charge on any atom is -0.480 e. The predicted molar refractivity (Wildman–Crippen MR) is 116 cm³/mol. The lowest BCUT2D eigenvalue weighted by Gasteiger charge is -2.55. The number of nitrogens with zero attached hydrogens (tertiary/aromatic N) is 1. The number of amides is 3. The molecule has 0 radical (unpaired) electrons. The quantitative estimate of drug-likeness (QED) is 0.270. The third-order valence-electron chi connectivity index (χ3n) is 4.96. The summed E-state index contributed by atoms with van der Waals surface area (Å²) in [5, 5.41) is 22.8. The summed E-state index contributed by atoms with van der Waals surface area (Å²) in [5.74, 6) is -3.42. The summed E-state index contributed by atoms with van der Waals surface area (Å²) in [7, 11) is 1.24. The molecule has 1 fully saturated rings. The maximum atomic E-state index is 12.8. The molecular formula is C20H29N3O9S. The summed E-state index contributed by atoms with van der Waals surface area (Å²) in [6, 6.07) is -1.26. The van der Waals surface area contributed by atoms with Crippen molar-refractivity contribution in [1.29, 1.82) is 0 Å². The first-order valence-electron chi connectivity index (χ1n) is 10.2. The number of ether oxygens (including phenoxy) is 2. The van der Waals surface area contributed by atoms with Crippen molar-refractivity contribution in [3.05, 3.63) is 11.3 Å². The van der Waals surface area contributed by atoms with Gasteiger partial charge in [0.1, 0.15) is 22.7 Å². The van der Waals surface area contributed by atoms with Gasteiger partial charge in [0.15, 0.2) is 0 Å². The van der Waals surface area contributed by atoms with E-state index in [0.29, 0.717) is 11.3 Å². The molecule has 13 heteroatoms. The molecule has 0 aromatic carbocycles. The Bertz CT molecular complexity index is 882. The average Bonchev–Trinajstić information content (AvgIpc) is 2.68. The fourth-order valence-electron chi connectivity index (χ4n) is 3.48. The van der Waals surface area contributed by atoms with Crippen LogP contribution in [0, 0.1) is 0 Å². The summed E-state index contributed by atoms with van der Waals surface area (Å²) in [4.78, 5) is 61.2. The molecule has 2 aliphatic rings. The number of hydrogen-bond acceptors (Lipinski definition) is 8. The van der Waals surface area contributed by atoms with E-state index in [-0.39, 0.29) is 25.0 Å². The average molecular weight is 488 g/mol. The fourth-order valence-corrected chi connectivity index (χ4v) is 4.86. The monoisotopic (exact) mass is 487 g/mol. The molecule has 2 rings (SSSR count). The highest BCUT2D eigenvalue weighted by molar-refractivity contribution is 8.00. The van der Waals surface area contributed by atoms with Gasteiger partial charge in [-0.2, -0.15) is 0 Å². The van der Waals surface area contributed by atoms with Gasteiger partial charge in [-0.3, -0.25) is 14.5 Å². The number of hydrogen-bond donors (Lipinski definition) is 4. The van der Waals surface area contributed by atoms with Gasteiger partial charge < -0.3 is 30.3 Å². The molecule has 2 heterocycles. The van der Waals surface area contributed by atoms with Crippen LogP contribution >= 0.6 is 11.8 Å². The minimum atomic E-state index is -1.70. The van der Waals surface area contributed by atoms with Crippen molar-refractivity contribution in [3.63, 3.8) is 0 Å². The molecule has 2 aliphatic heterocycles. The number of alkyl carbamates (subject to hydrolysis) is 1. The summed E-state index contributed by atoms with van der Waals surface area (Å²) in [5.41, 5.74) is -2.09. The molecule has 0 saturated carbocycles. The van der Waals surface area contributed by atoms with Crippen LogP contribution in [0.15, 0.2) is 11.3 Å². The molecule has 0 spiro atoms. The summed E-state index contributed by atoms with van der Waals surface area (Å²) >= 11 is 1.27. The van der Waals surface area contributed by atoms with Crippen LogP contribution in [-0.2, 0) is 28.7 Å². The minimum absolute atomic E-state index is 0.0503. The van der Waals surface area contributed by atoms with Crippen molar-refractivity contribution in [2.45, 2.75) is 69.7 Å². The highest BCUT2D eigenvalue weighted by Crippen LogP contribution is 2.46. The predicted octanol–water partition coefficient (Wildman–Crippen LogP) is 0.867. The van der Waals surface area contributed by atoms with E-state index in [4.69, 9.17) is 9.47 Å². The molecule has 33 heavy (non-hydrogen) atoms. The molecule has 4 N–H and O–H groups in total. The summed E-state index contributed by atoms with van der Waals surface area (Å²) in [6.45, 7) is 6.54. The molecule has 1 saturated heterocycles. The lowest BCUT2D eigenvalue weighted by Crippen LogP contribution is -2.80. The zero-order valence-corrected chi connectivity index (χ0v) is 19.9. The number of carbonyl (C=O) groups is 5. The highest BCUT2D eigenvalue weighted by Gasteiger charge is 2.66. The van der Waals surface area contributed by atoms with Crippen molar-refractivity contribution >= 4 is 41.6 Å². The first kappa shape index (κ1) is 26.5. The van der Waals surface area contributed by atoms with Gasteiger partial charge in [-0.25, -0.2) is 14.4 Å². The van der Waals surface area contributed by atoms with Crippen LogP contribution < -0.4 is 10.6 Å². The zero-order chi connectivity index (χ0) is 25.1. The largest absolute Gasteiger partial charge is 0.480 e. The lowest BCUT2D eigenvalue weighted by molar-refractivity contribution is -0.192. The Balaban J connectivity index is 1.96. The number of carbonyl (C=O) groups excluding carboxylic acids is 3. The van der Waals surface area contributed by atoms with Crippen LogP contribution in [0.1, 0.15) is 47.0 Å². The molecule has 0 aromatic rings. The van der Waals surface area contributed by atoms with E-state index >= 15 is 0 Å². The molecule has 3 amide bonds.